The molecule has 2 amide bonds. The molecule has 144 valence electrons. The van der Waals surface area contributed by atoms with Gasteiger partial charge in [-0.15, -0.1) is 0 Å². The first kappa shape index (κ1) is 18.9. The number of aryl methyl sites for hydroxylation is 1. The van der Waals surface area contributed by atoms with Crippen LogP contribution in [0.1, 0.15) is 16.1 Å². The highest BCUT2D eigenvalue weighted by molar-refractivity contribution is 5.96. The molecule has 2 aromatic rings. The highest BCUT2D eigenvalue weighted by atomic mass is 16.5. The maximum absolute atomic E-state index is 12.3. The van der Waals surface area contributed by atoms with E-state index < -0.39 is 18.5 Å². The van der Waals surface area contributed by atoms with Gasteiger partial charge in [0.15, 0.2) is 6.61 Å². The number of hydrogen-bond donors (Lipinski definition) is 0. The van der Waals surface area contributed by atoms with Crippen LogP contribution in [0.15, 0.2) is 28.7 Å². The lowest BCUT2D eigenvalue weighted by Crippen LogP contribution is -2.46. The Morgan fingerprint density at radius 2 is 1.89 bits per heavy atom. The van der Waals surface area contributed by atoms with Crippen molar-refractivity contribution in [2.24, 2.45) is 0 Å². The maximum Gasteiger partial charge on any atom is 0.375 e. The van der Waals surface area contributed by atoms with Crippen molar-refractivity contribution >= 4 is 28.8 Å². The molecule has 8 nitrogen and oxygen atoms in total. The second-order valence-corrected chi connectivity index (χ2v) is 6.37. The summed E-state index contributed by atoms with van der Waals surface area (Å²) in [7, 11) is 1.50. The Kier molecular flexibility index (Phi) is 5.75. The van der Waals surface area contributed by atoms with Crippen molar-refractivity contribution in [3.05, 3.63) is 35.6 Å². The highest BCUT2D eigenvalue weighted by Gasteiger charge is 2.23. The molecule has 1 aromatic carbocycles. The number of likely N-dealkylation sites (N-methyl/N-ethyl adjacent to an activating group) is 1. The van der Waals surface area contributed by atoms with Gasteiger partial charge in [-0.2, -0.15) is 0 Å². The van der Waals surface area contributed by atoms with E-state index in [2.05, 4.69) is 0 Å². The molecule has 2 heterocycles. The van der Waals surface area contributed by atoms with Crippen molar-refractivity contribution in [2.45, 2.75) is 6.92 Å². The summed E-state index contributed by atoms with van der Waals surface area (Å²) in [4.78, 5) is 39.5. The Morgan fingerprint density at radius 1 is 1.19 bits per heavy atom. The van der Waals surface area contributed by atoms with Crippen LogP contribution in [0.3, 0.4) is 0 Å². The first-order chi connectivity index (χ1) is 13.0. The van der Waals surface area contributed by atoms with Crippen LogP contribution in [0, 0.1) is 6.92 Å². The number of hydrogen-bond acceptors (Lipinski definition) is 6. The molecule has 0 unspecified atom stereocenters. The molecule has 0 saturated carbocycles. The second kappa shape index (κ2) is 8.22. The number of ether oxygens (including phenoxy) is 2. The average molecular weight is 374 g/mol. The van der Waals surface area contributed by atoms with Crippen LogP contribution in [0.25, 0.3) is 11.0 Å². The quantitative estimate of drug-likeness (QED) is 0.731. The molecule has 0 atom stereocenters. The zero-order valence-electron chi connectivity index (χ0n) is 15.4. The Balaban J connectivity index is 1.53. The van der Waals surface area contributed by atoms with E-state index in [4.69, 9.17) is 13.9 Å². The van der Waals surface area contributed by atoms with Crippen LogP contribution in [0.5, 0.6) is 0 Å². The van der Waals surface area contributed by atoms with E-state index in [0.717, 1.165) is 5.39 Å². The standard InChI is InChI=1S/C19H22N2O6/c1-13-14-5-3-4-6-15(14)27-18(13)19(24)26-12-17(23)20(2)11-16(22)21-7-9-25-10-8-21/h3-6H,7-12H2,1-2H3. The monoisotopic (exact) mass is 374 g/mol. The highest BCUT2D eigenvalue weighted by Crippen LogP contribution is 2.25. The summed E-state index contributed by atoms with van der Waals surface area (Å²) in [6.45, 7) is 3.26. The molecule has 1 saturated heterocycles. The fourth-order valence-electron chi connectivity index (χ4n) is 2.88. The van der Waals surface area contributed by atoms with Gasteiger partial charge in [0.2, 0.25) is 11.7 Å². The zero-order valence-corrected chi connectivity index (χ0v) is 15.4. The smallest absolute Gasteiger partial charge is 0.375 e. The Bertz CT molecular complexity index is 853. The Morgan fingerprint density at radius 3 is 2.59 bits per heavy atom. The van der Waals surface area contributed by atoms with Crippen molar-refractivity contribution in [1.82, 2.24) is 9.80 Å². The fraction of sp³-hybridized carbons (Fsp3) is 0.421. The first-order valence-electron chi connectivity index (χ1n) is 8.72. The van der Waals surface area contributed by atoms with E-state index in [9.17, 15) is 14.4 Å². The van der Waals surface area contributed by atoms with Gasteiger partial charge in [-0.3, -0.25) is 9.59 Å². The van der Waals surface area contributed by atoms with Crippen LogP contribution in [0.4, 0.5) is 0 Å². The topological polar surface area (TPSA) is 89.3 Å². The summed E-state index contributed by atoms with van der Waals surface area (Å²) in [5.74, 6) is -1.24. The van der Waals surface area contributed by atoms with Gasteiger partial charge in [0.25, 0.3) is 5.91 Å². The molecule has 1 aromatic heterocycles. The van der Waals surface area contributed by atoms with Crippen LogP contribution in [0.2, 0.25) is 0 Å². The van der Waals surface area contributed by atoms with Crippen molar-refractivity contribution in [1.29, 1.82) is 0 Å². The summed E-state index contributed by atoms with van der Waals surface area (Å²) >= 11 is 0. The Labute approximate surface area is 156 Å². The van der Waals surface area contributed by atoms with E-state index in [0.29, 0.717) is 37.4 Å². The van der Waals surface area contributed by atoms with E-state index in [-0.39, 0.29) is 18.2 Å². The summed E-state index contributed by atoms with van der Waals surface area (Å²) in [5, 5.41) is 0.823. The van der Waals surface area contributed by atoms with Gasteiger partial charge in [0.05, 0.1) is 19.8 Å². The Hall–Kier alpha value is -2.87. The molecule has 0 spiro atoms. The summed E-state index contributed by atoms with van der Waals surface area (Å²) in [6.07, 6.45) is 0. The number of carbonyl (C=O) groups excluding carboxylic acids is 3. The third-order valence-corrected chi connectivity index (χ3v) is 4.52. The van der Waals surface area contributed by atoms with Crippen molar-refractivity contribution < 1.29 is 28.3 Å². The second-order valence-electron chi connectivity index (χ2n) is 6.37. The molecule has 8 heteroatoms. The number of rotatable bonds is 5. The van der Waals surface area contributed by atoms with Gasteiger partial charge < -0.3 is 23.7 Å². The lowest BCUT2D eigenvalue weighted by Gasteiger charge is -2.28. The molecular weight excluding hydrogens is 352 g/mol. The lowest BCUT2D eigenvalue weighted by atomic mass is 10.1. The van der Waals surface area contributed by atoms with Crippen molar-refractivity contribution in [2.75, 3.05) is 46.5 Å². The van der Waals surface area contributed by atoms with Crippen LogP contribution < -0.4 is 0 Å². The average Bonchev–Trinajstić information content (AvgIpc) is 3.03. The summed E-state index contributed by atoms with van der Waals surface area (Å²) in [6, 6.07) is 7.27. The van der Waals surface area contributed by atoms with Gasteiger partial charge in [-0.05, 0) is 13.0 Å². The number of carbonyl (C=O) groups is 3. The fourth-order valence-corrected chi connectivity index (χ4v) is 2.88. The zero-order chi connectivity index (χ0) is 19.4. The number of furan rings is 1. The molecule has 3 rings (SSSR count). The minimum Gasteiger partial charge on any atom is -0.450 e. The largest absolute Gasteiger partial charge is 0.450 e. The summed E-state index contributed by atoms with van der Waals surface area (Å²) in [5.41, 5.74) is 1.25. The van der Waals surface area contributed by atoms with Gasteiger partial charge in [0, 0.05) is 31.1 Å². The van der Waals surface area contributed by atoms with E-state index in [1.54, 1.807) is 17.9 Å². The number of morpholine rings is 1. The maximum atomic E-state index is 12.3. The number of para-hydroxylation sites is 1. The minimum absolute atomic E-state index is 0.0694. The SMILES string of the molecule is Cc1c(C(=O)OCC(=O)N(C)CC(=O)N2CCOCC2)oc2ccccc12. The van der Waals surface area contributed by atoms with Gasteiger partial charge in [0.1, 0.15) is 5.58 Å². The predicted molar refractivity (Wildman–Crippen MR) is 96.3 cm³/mol. The molecule has 1 aliphatic heterocycles. The van der Waals surface area contributed by atoms with Gasteiger partial charge in [-0.25, -0.2) is 4.79 Å². The molecule has 0 bridgehead atoms. The molecule has 0 aliphatic carbocycles. The number of fused-ring (bicyclic) bond motifs is 1. The van der Waals surface area contributed by atoms with Gasteiger partial charge >= 0.3 is 5.97 Å². The van der Waals surface area contributed by atoms with Crippen LogP contribution in [-0.2, 0) is 19.1 Å². The van der Waals surface area contributed by atoms with Crippen LogP contribution in [-0.4, -0.2) is 74.1 Å². The third-order valence-electron chi connectivity index (χ3n) is 4.52. The number of nitrogens with zero attached hydrogens (tertiary/aromatic N) is 2. The number of amides is 2. The predicted octanol–water partition coefficient (Wildman–Crippen LogP) is 1.22. The first-order valence-corrected chi connectivity index (χ1v) is 8.72. The third kappa shape index (κ3) is 4.28. The molecular formula is C19H22N2O6. The molecule has 1 aliphatic rings. The van der Waals surface area contributed by atoms with E-state index in [1.165, 1.54) is 11.9 Å². The molecule has 0 radical (unpaired) electrons. The summed E-state index contributed by atoms with van der Waals surface area (Å²) < 4.78 is 15.8. The van der Waals surface area contributed by atoms with Gasteiger partial charge in [-0.1, -0.05) is 18.2 Å². The van der Waals surface area contributed by atoms with Crippen LogP contribution >= 0.6 is 0 Å². The molecule has 27 heavy (non-hydrogen) atoms. The van der Waals surface area contributed by atoms with Crippen molar-refractivity contribution in [3.63, 3.8) is 0 Å². The lowest BCUT2D eigenvalue weighted by molar-refractivity contribution is -0.143. The molecule has 1 fully saturated rings. The number of benzene rings is 1. The number of esters is 1. The molecule has 0 N–H and O–H groups in total. The normalized spacial score (nSPS) is 14.2. The van der Waals surface area contributed by atoms with Crippen molar-refractivity contribution in [3.8, 4) is 0 Å². The van der Waals surface area contributed by atoms with E-state index >= 15 is 0 Å². The van der Waals surface area contributed by atoms with E-state index in [1.807, 2.05) is 18.2 Å². The minimum atomic E-state index is -0.704.